The molecule has 1 amide bonds. The first-order valence-corrected chi connectivity index (χ1v) is 11.5. The molecule has 1 N–H and O–H groups in total. The largest absolute Gasteiger partial charge is 0.496 e. The van der Waals surface area contributed by atoms with E-state index in [1.807, 2.05) is 33.9 Å². The van der Waals surface area contributed by atoms with E-state index >= 15 is 0 Å². The highest BCUT2D eigenvalue weighted by Gasteiger charge is 2.31. The van der Waals surface area contributed by atoms with Crippen LogP contribution in [-0.4, -0.2) is 46.8 Å². The van der Waals surface area contributed by atoms with Gasteiger partial charge in [-0.2, -0.15) is 5.10 Å². The number of hydrogen-bond donors (Lipinski definition) is 1. The van der Waals surface area contributed by atoms with Crippen LogP contribution < -0.4 is 10.1 Å². The normalized spacial score (nSPS) is 18.9. The zero-order valence-corrected chi connectivity index (χ0v) is 18.6. The van der Waals surface area contributed by atoms with Gasteiger partial charge >= 0.3 is 0 Å². The molecule has 2 aliphatic rings. The first kappa shape index (κ1) is 21.6. The molecule has 0 saturated carbocycles. The van der Waals surface area contributed by atoms with E-state index in [1.54, 1.807) is 7.11 Å². The highest BCUT2D eigenvalue weighted by molar-refractivity contribution is 5.94. The fourth-order valence-corrected chi connectivity index (χ4v) is 4.83. The Hall–Kier alpha value is -2.60. The minimum Gasteiger partial charge on any atom is -0.496 e. The van der Waals surface area contributed by atoms with Crippen LogP contribution in [0.25, 0.3) is 0 Å². The molecule has 6 heteroatoms. The third kappa shape index (κ3) is 4.85. The van der Waals surface area contributed by atoms with Crippen molar-refractivity contribution in [1.82, 2.24) is 20.0 Å². The smallest absolute Gasteiger partial charge is 0.274 e. The predicted octanol–water partition coefficient (Wildman–Crippen LogP) is 3.74. The molecule has 4 rings (SSSR count). The number of carbonyl (C=O) groups excluding carboxylic acids is 1. The van der Waals surface area contributed by atoms with Gasteiger partial charge in [0.1, 0.15) is 5.75 Å². The molecule has 2 aromatic rings. The monoisotopic (exact) mass is 422 g/mol. The van der Waals surface area contributed by atoms with Crippen LogP contribution >= 0.6 is 0 Å². The van der Waals surface area contributed by atoms with Crippen molar-refractivity contribution in [1.29, 1.82) is 0 Å². The average Bonchev–Trinajstić information content (AvgIpc) is 2.97. The summed E-state index contributed by atoms with van der Waals surface area (Å²) in [7, 11) is 1.71. The van der Waals surface area contributed by atoms with Gasteiger partial charge in [0.15, 0.2) is 5.69 Å². The maximum absolute atomic E-state index is 13.4. The van der Waals surface area contributed by atoms with E-state index in [2.05, 4.69) is 18.0 Å². The van der Waals surface area contributed by atoms with Crippen LogP contribution in [0.5, 0.6) is 5.75 Å². The standard InChI is InChI=1S/C25H34N4O2/c1-3-14-29-22-13-12-20(26-18-19-10-6-7-11-23(19)31-2)17-21(22)24(27-29)25(30)28-15-8-4-5-9-16-28/h3,6-7,10-11,20,26H,1,4-5,8-9,12-18H2,2H3/t20-/m1/s1. The van der Waals surface area contributed by atoms with Gasteiger partial charge in [0, 0.05) is 42.5 Å². The Morgan fingerprint density at radius 2 is 2.03 bits per heavy atom. The SMILES string of the molecule is C=CCn1nc(C(=O)N2CCCCCC2)c2c1CC[C@@H](NCc1ccccc1OC)C2. The third-order valence-corrected chi connectivity index (χ3v) is 6.52. The molecular formula is C25H34N4O2. The number of rotatable bonds is 7. The van der Waals surface area contributed by atoms with E-state index in [9.17, 15) is 4.79 Å². The summed E-state index contributed by atoms with van der Waals surface area (Å²) in [5, 5.41) is 8.46. The van der Waals surface area contributed by atoms with Crippen LogP contribution in [0.2, 0.25) is 0 Å². The van der Waals surface area contributed by atoms with Crippen LogP contribution in [0.3, 0.4) is 0 Å². The Morgan fingerprint density at radius 3 is 2.77 bits per heavy atom. The molecule has 1 aliphatic heterocycles. The van der Waals surface area contributed by atoms with Gasteiger partial charge < -0.3 is 15.0 Å². The van der Waals surface area contributed by atoms with Crippen molar-refractivity contribution < 1.29 is 9.53 Å². The summed E-state index contributed by atoms with van der Waals surface area (Å²) in [5.74, 6) is 1.01. The van der Waals surface area contributed by atoms with Crippen molar-refractivity contribution in [3.8, 4) is 5.75 Å². The highest BCUT2D eigenvalue weighted by Crippen LogP contribution is 2.27. The first-order chi connectivity index (χ1) is 15.2. The lowest BCUT2D eigenvalue weighted by molar-refractivity contribution is 0.0753. The van der Waals surface area contributed by atoms with Gasteiger partial charge in [0.2, 0.25) is 0 Å². The number of fused-ring (bicyclic) bond motifs is 1. The lowest BCUT2D eigenvalue weighted by Crippen LogP contribution is -2.36. The van der Waals surface area contributed by atoms with Crippen LogP contribution in [0.15, 0.2) is 36.9 Å². The lowest BCUT2D eigenvalue weighted by Gasteiger charge is -2.26. The van der Waals surface area contributed by atoms with E-state index in [4.69, 9.17) is 9.84 Å². The second-order valence-corrected chi connectivity index (χ2v) is 8.58. The Kier molecular flexibility index (Phi) is 7.07. The lowest BCUT2D eigenvalue weighted by atomic mass is 9.90. The van der Waals surface area contributed by atoms with Gasteiger partial charge in [-0.15, -0.1) is 6.58 Å². The summed E-state index contributed by atoms with van der Waals surface area (Å²) in [6.07, 6.45) is 9.24. The number of hydrogen-bond acceptors (Lipinski definition) is 4. The minimum absolute atomic E-state index is 0.103. The van der Waals surface area contributed by atoms with E-state index < -0.39 is 0 Å². The molecule has 1 fully saturated rings. The zero-order valence-electron chi connectivity index (χ0n) is 18.6. The zero-order chi connectivity index (χ0) is 21.6. The number of nitrogens with zero attached hydrogens (tertiary/aromatic N) is 3. The Labute approximate surface area is 185 Å². The van der Waals surface area contributed by atoms with E-state index in [0.717, 1.165) is 68.6 Å². The average molecular weight is 423 g/mol. The molecule has 0 spiro atoms. The first-order valence-electron chi connectivity index (χ1n) is 11.5. The maximum Gasteiger partial charge on any atom is 0.274 e. The number of para-hydroxylation sites is 1. The van der Waals surface area contributed by atoms with Gasteiger partial charge in [0.05, 0.1) is 13.7 Å². The van der Waals surface area contributed by atoms with E-state index in [1.165, 1.54) is 18.5 Å². The van der Waals surface area contributed by atoms with Gasteiger partial charge in [0.25, 0.3) is 5.91 Å². The molecule has 1 saturated heterocycles. The highest BCUT2D eigenvalue weighted by atomic mass is 16.5. The molecule has 0 radical (unpaired) electrons. The molecule has 6 nitrogen and oxygen atoms in total. The molecule has 0 unspecified atom stereocenters. The number of aromatic nitrogens is 2. The van der Waals surface area contributed by atoms with Gasteiger partial charge in [-0.1, -0.05) is 37.1 Å². The van der Waals surface area contributed by atoms with Crippen LogP contribution in [0.1, 0.15) is 59.4 Å². The topological polar surface area (TPSA) is 59.4 Å². The van der Waals surface area contributed by atoms with Crippen molar-refractivity contribution >= 4 is 5.91 Å². The van der Waals surface area contributed by atoms with Crippen molar-refractivity contribution in [3.05, 3.63) is 59.4 Å². The van der Waals surface area contributed by atoms with E-state index in [-0.39, 0.29) is 5.91 Å². The molecule has 166 valence electrons. The van der Waals surface area contributed by atoms with Gasteiger partial charge in [-0.25, -0.2) is 0 Å². The van der Waals surface area contributed by atoms with Crippen molar-refractivity contribution in [3.63, 3.8) is 0 Å². The van der Waals surface area contributed by atoms with Crippen molar-refractivity contribution in [2.75, 3.05) is 20.2 Å². The summed E-state index contributed by atoms with van der Waals surface area (Å²) in [6.45, 7) is 6.96. The van der Waals surface area contributed by atoms with Crippen molar-refractivity contribution in [2.24, 2.45) is 0 Å². The second-order valence-electron chi connectivity index (χ2n) is 8.58. The summed E-state index contributed by atoms with van der Waals surface area (Å²) in [5.41, 5.74) is 4.13. The molecule has 1 aromatic carbocycles. The molecule has 31 heavy (non-hydrogen) atoms. The third-order valence-electron chi connectivity index (χ3n) is 6.52. The fourth-order valence-electron chi connectivity index (χ4n) is 4.83. The Balaban J connectivity index is 1.52. The number of carbonyl (C=O) groups is 1. The quantitative estimate of drug-likeness (QED) is 0.691. The second kappa shape index (κ2) is 10.1. The Bertz CT molecular complexity index is 912. The number of methoxy groups -OCH3 is 1. The molecule has 2 heterocycles. The fraction of sp³-hybridized carbons (Fsp3) is 0.520. The summed E-state index contributed by atoms with van der Waals surface area (Å²) < 4.78 is 7.48. The van der Waals surface area contributed by atoms with Crippen LogP contribution in [0, 0.1) is 0 Å². The number of nitrogens with one attached hydrogen (secondary N) is 1. The molecule has 1 aliphatic carbocycles. The number of allylic oxidation sites excluding steroid dienone is 1. The predicted molar refractivity (Wildman–Crippen MR) is 122 cm³/mol. The van der Waals surface area contributed by atoms with Gasteiger partial charge in [-0.05, 0) is 38.2 Å². The summed E-state index contributed by atoms with van der Waals surface area (Å²) in [4.78, 5) is 15.4. The molecule has 1 atom stereocenters. The molecule has 1 aromatic heterocycles. The summed E-state index contributed by atoms with van der Waals surface area (Å²) in [6, 6.07) is 8.43. The minimum atomic E-state index is 0.103. The number of amides is 1. The van der Waals surface area contributed by atoms with Gasteiger partial charge in [-0.3, -0.25) is 9.48 Å². The van der Waals surface area contributed by atoms with E-state index in [0.29, 0.717) is 18.3 Å². The molecular weight excluding hydrogens is 388 g/mol. The number of likely N-dealkylation sites (tertiary alicyclic amines) is 1. The number of benzene rings is 1. The van der Waals surface area contributed by atoms with Crippen LogP contribution in [-0.2, 0) is 25.9 Å². The van der Waals surface area contributed by atoms with Crippen molar-refractivity contribution in [2.45, 2.75) is 64.1 Å². The summed E-state index contributed by atoms with van der Waals surface area (Å²) >= 11 is 0. The van der Waals surface area contributed by atoms with Crippen LogP contribution in [0.4, 0.5) is 0 Å². The Morgan fingerprint density at radius 1 is 1.26 bits per heavy atom. The maximum atomic E-state index is 13.4. The number of ether oxygens (including phenoxy) is 1. The molecule has 0 bridgehead atoms.